The standard InChI is InChI=1S/C20H28N4O2/c1-2-21-20(23-10-5-12-26-17-9-13-25-15-17)24-14-19-18-7-4-3-6-16(18)8-11-22-19/h3-4,6-8,11,17H,2,5,9-10,12-15H2,1H3,(H2,21,23,24). The van der Waals surface area contributed by atoms with Crippen LogP contribution in [0.4, 0.5) is 0 Å². The van der Waals surface area contributed by atoms with Crippen molar-refractivity contribution in [1.29, 1.82) is 0 Å². The molecule has 2 N–H and O–H groups in total. The summed E-state index contributed by atoms with van der Waals surface area (Å²) < 4.78 is 11.1. The molecule has 1 atom stereocenters. The molecular formula is C20H28N4O2. The number of nitrogens with zero attached hydrogens (tertiary/aromatic N) is 2. The van der Waals surface area contributed by atoms with Crippen LogP contribution in [-0.4, -0.2) is 50.0 Å². The highest BCUT2D eigenvalue weighted by Gasteiger charge is 2.15. The van der Waals surface area contributed by atoms with Crippen LogP contribution >= 0.6 is 0 Å². The maximum absolute atomic E-state index is 5.79. The normalized spacial score (nSPS) is 17.6. The van der Waals surface area contributed by atoms with E-state index >= 15 is 0 Å². The predicted octanol–water partition coefficient (Wildman–Crippen LogP) is 2.49. The second-order valence-electron chi connectivity index (χ2n) is 6.31. The first-order chi connectivity index (χ1) is 12.9. The zero-order valence-corrected chi connectivity index (χ0v) is 15.4. The van der Waals surface area contributed by atoms with Crippen molar-refractivity contribution in [2.24, 2.45) is 4.99 Å². The van der Waals surface area contributed by atoms with Gasteiger partial charge in [-0.05, 0) is 31.2 Å². The quantitative estimate of drug-likeness (QED) is 0.432. The number of benzene rings is 1. The van der Waals surface area contributed by atoms with Crippen LogP contribution in [0, 0.1) is 0 Å². The molecule has 0 bridgehead atoms. The molecule has 1 saturated heterocycles. The van der Waals surface area contributed by atoms with Crippen LogP contribution < -0.4 is 10.6 Å². The van der Waals surface area contributed by atoms with Crippen LogP contribution in [0.3, 0.4) is 0 Å². The molecule has 3 rings (SSSR count). The highest BCUT2D eigenvalue weighted by Crippen LogP contribution is 2.16. The molecular weight excluding hydrogens is 328 g/mol. The van der Waals surface area contributed by atoms with E-state index in [4.69, 9.17) is 9.47 Å². The Hall–Kier alpha value is -2.18. The Morgan fingerprint density at radius 3 is 3.08 bits per heavy atom. The lowest BCUT2D eigenvalue weighted by Crippen LogP contribution is -2.38. The van der Waals surface area contributed by atoms with E-state index in [1.807, 2.05) is 24.4 Å². The summed E-state index contributed by atoms with van der Waals surface area (Å²) in [7, 11) is 0. The summed E-state index contributed by atoms with van der Waals surface area (Å²) in [5.41, 5.74) is 0.991. The maximum atomic E-state index is 5.79. The first kappa shape index (κ1) is 18.6. The molecule has 1 fully saturated rings. The molecule has 0 radical (unpaired) electrons. The Morgan fingerprint density at radius 1 is 1.31 bits per heavy atom. The van der Waals surface area contributed by atoms with Crippen molar-refractivity contribution in [2.45, 2.75) is 32.4 Å². The molecule has 2 aromatic rings. The van der Waals surface area contributed by atoms with Crippen LogP contribution in [0.25, 0.3) is 10.8 Å². The van der Waals surface area contributed by atoms with Gasteiger partial charge < -0.3 is 20.1 Å². The van der Waals surface area contributed by atoms with Crippen LogP contribution in [-0.2, 0) is 16.0 Å². The van der Waals surface area contributed by atoms with E-state index in [2.05, 4.69) is 39.7 Å². The lowest BCUT2D eigenvalue weighted by Gasteiger charge is -2.13. The van der Waals surface area contributed by atoms with E-state index in [1.54, 1.807) is 0 Å². The summed E-state index contributed by atoms with van der Waals surface area (Å²) in [6, 6.07) is 10.3. The summed E-state index contributed by atoms with van der Waals surface area (Å²) >= 11 is 0. The van der Waals surface area contributed by atoms with Crippen LogP contribution in [0.5, 0.6) is 0 Å². The van der Waals surface area contributed by atoms with Gasteiger partial charge in [-0.3, -0.25) is 4.98 Å². The average Bonchev–Trinajstić information content (AvgIpc) is 3.19. The first-order valence-electron chi connectivity index (χ1n) is 9.41. The van der Waals surface area contributed by atoms with Crippen molar-refractivity contribution in [2.75, 3.05) is 32.9 Å². The van der Waals surface area contributed by atoms with Crippen molar-refractivity contribution in [1.82, 2.24) is 15.6 Å². The number of pyridine rings is 1. The number of nitrogens with one attached hydrogen (secondary N) is 2. The molecule has 2 heterocycles. The molecule has 0 aliphatic carbocycles. The van der Waals surface area contributed by atoms with E-state index in [9.17, 15) is 0 Å². The largest absolute Gasteiger partial charge is 0.379 e. The minimum absolute atomic E-state index is 0.273. The predicted molar refractivity (Wildman–Crippen MR) is 104 cm³/mol. The number of guanidine groups is 1. The topological polar surface area (TPSA) is 67.8 Å². The average molecular weight is 356 g/mol. The molecule has 1 unspecified atom stereocenters. The highest BCUT2D eigenvalue weighted by molar-refractivity contribution is 5.85. The highest BCUT2D eigenvalue weighted by atomic mass is 16.5. The Balaban J connectivity index is 1.49. The third kappa shape index (κ3) is 5.41. The molecule has 140 valence electrons. The number of ether oxygens (including phenoxy) is 2. The number of aromatic nitrogens is 1. The van der Waals surface area contributed by atoms with E-state index < -0.39 is 0 Å². The van der Waals surface area contributed by atoms with Crippen LogP contribution in [0.15, 0.2) is 41.5 Å². The van der Waals surface area contributed by atoms with Gasteiger partial charge in [0.25, 0.3) is 0 Å². The van der Waals surface area contributed by atoms with E-state index in [0.29, 0.717) is 6.54 Å². The van der Waals surface area contributed by atoms with Gasteiger partial charge >= 0.3 is 0 Å². The Morgan fingerprint density at radius 2 is 2.23 bits per heavy atom. The summed E-state index contributed by atoms with van der Waals surface area (Å²) in [6.07, 6.45) is 4.06. The van der Waals surface area contributed by atoms with Gasteiger partial charge in [-0.2, -0.15) is 0 Å². The molecule has 1 aromatic carbocycles. The third-order valence-electron chi connectivity index (χ3n) is 4.34. The van der Waals surface area contributed by atoms with Crippen LogP contribution in [0.1, 0.15) is 25.5 Å². The molecule has 6 heteroatoms. The molecule has 0 spiro atoms. The monoisotopic (exact) mass is 356 g/mol. The summed E-state index contributed by atoms with van der Waals surface area (Å²) in [5, 5.41) is 9.00. The minimum atomic E-state index is 0.273. The van der Waals surface area contributed by atoms with Crippen molar-refractivity contribution in [3.63, 3.8) is 0 Å². The smallest absolute Gasteiger partial charge is 0.191 e. The number of hydrogen-bond acceptors (Lipinski definition) is 4. The van der Waals surface area contributed by atoms with Gasteiger partial charge in [0.05, 0.1) is 24.9 Å². The van der Waals surface area contributed by atoms with E-state index in [-0.39, 0.29) is 6.10 Å². The molecule has 1 aliphatic heterocycles. The first-order valence-corrected chi connectivity index (χ1v) is 9.41. The molecule has 1 aliphatic rings. The summed E-state index contributed by atoms with van der Waals surface area (Å²) in [4.78, 5) is 9.18. The van der Waals surface area contributed by atoms with Gasteiger partial charge in [-0.1, -0.05) is 24.3 Å². The Bertz CT molecular complexity index is 709. The fourth-order valence-corrected chi connectivity index (χ4v) is 2.98. The van der Waals surface area contributed by atoms with Gasteiger partial charge in [0.2, 0.25) is 0 Å². The molecule has 6 nitrogen and oxygen atoms in total. The van der Waals surface area contributed by atoms with E-state index in [1.165, 1.54) is 5.39 Å². The molecule has 0 amide bonds. The maximum Gasteiger partial charge on any atom is 0.191 e. The number of fused-ring (bicyclic) bond motifs is 1. The second-order valence-corrected chi connectivity index (χ2v) is 6.31. The third-order valence-corrected chi connectivity index (χ3v) is 4.34. The summed E-state index contributed by atoms with van der Waals surface area (Å²) in [5.74, 6) is 0.812. The zero-order chi connectivity index (χ0) is 18.0. The van der Waals surface area contributed by atoms with Crippen molar-refractivity contribution >= 4 is 16.7 Å². The van der Waals surface area contributed by atoms with Crippen molar-refractivity contribution < 1.29 is 9.47 Å². The Labute approximate surface area is 155 Å². The fourth-order valence-electron chi connectivity index (χ4n) is 2.98. The minimum Gasteiger partial charge on any atom is -0.379 e. The lowest BCUT2D eigenvalue weighted by atomic mass is 10.1. The van der Waals surface area contributed by atoms with Gasteiger partial charge in [0.1, 0.15) is 0 Å². The van der Waals surface area contributed by atoms with Crippen molar-refractivity contribution in [3.05, 3.63) is 42.2 Å². The fraction of sp³-hybridized carbons (Fsp3) is 0.500. The van der Waals surface area contributed by atoms with Gasteiger partial charge in [-0.25, -0.2) is 4.99 Å². The van der Waals surface area contributed by atoms with Crippen LogP contribution in [0.2, 0.25) is 0 Å². The lowest BCUT2D eigenvalue weighted by molar-refractivity contribution is 0.0420. The molecule has 1 aromatic heterocycles. The SMILES string of the molecule is CCNC(=NCc1nccc2ccccc12)NCCCOC1CCOC1. The molecule has 0 saturated carbocycles. The van der Waals surface area contributed by atoms with Gasteiger partial charge in [0.15, 0.2) is 5.96 Å². The van der Waals surface area contributed by atoms with E-state index in [0.717, 1.165) is 62.8 Å². The summed E-state index contributed by atoms with van der Waals surface area (Å²) in [6.45, 7) is 6.56. The van der Waals surface area contributed by atoms with Gasteiger partial charge in [-0.15, -0.1) is 0 Å². The number of hydrogen-bond donors (Lipinski definition) is 2. The zero-order valence-electron chi connectivity index (χ0n) is 15.4. The Kier molecular flexibility index (Phi) is 7.22. The van der Waals surface area contributed by atoms with Gasteiger partial charge in [0, 0.05) is 37.9 Å². The molecule has 26 heavy (non-hydrogen) atoms. The second kappa shape index (κ2) is 10.1. The number of rotatable bonds is 8. The number of aliphatic imine (C=N–C) groups is 1. The van der Waals surface area contributed by atoms with Crippen molar-refractivity contribution in [3.8, 4) is 0 Å².